The maximum atomic E-state index is 11.5. The summed E-state index contributed by atoms with van der Waals surface area (Å²) in [7, 11) is -18.0. The average molecular weight is 463 g/mol. The van der Waals surface area contributed by atoms with Gasteiger partial charge in [-0.3, -0.25) is 0 Å². The Morgan fingerprint density at radius 3 is 1.21 bits per heavy atom. The van der Waals surface area contributed by atoms with Gasteiger partial charge in [0.25, 0.3) is 0 Å². The molecule has 1 fully saturated rings. The van der Waals surface area contributed by atoms with E-state index < -0.39 is 21.8 Å². The van der Waals surface area contributed by atoms with Gasteiger partial charge in [-0.05, 0) is 20.8 Å². The lowest BCUT2D eigenvalue weighted by molar-refractivity contribution is 0.0228. The third-order valence-corrected chi connectivity index (χ3v) is 1.77. The molecule has 1 amide bonds. The van der Waals surface area contributed by atoms with Crippen LogP contribution in [0.1, 0.15) is 28.2 Å². The maximum absolute atomic E-state index is 11.5. The lowest BCUT2D eigenvalue weighted by Crippen LogP contribution is -2.48. The molecule has 1 rings (SSSR count). The van der Waals surface area contributed by atoms with Gasteiger partial charge in [0.1, 0.15) is 5.60 Å². The Labute approximate surface area is 160 Å². The second kappa shape index (κ2) is 14.5. The predicted octanol–water partition coefficient (Wildman–Crippen LogP) is 5.36. The monoisotopic (exact) mass is 463 g/mol. The number of piperazine rings is 1. The first-order valence-corrected chi connectivity index (χ1v) is 7.29. The first kappa shape index (κ1) is 35.0. The van der Waals surface area contributed by atoms with Crippen molar-refractivity contribution in [1.29, 1.82) is 0 Å². The summed E-state index contributed by atoms with van der Waals surface area (Å²) in [4.78, 5) is 13.2. The van der Waals surface area contributed by atoms with E-state index in [2.05, 4.69) is 5.32 Å². The standard InChI is InChI=1S/C9H18N2O2.CH4.3BF4/c1-9(2,3)13-8(12)11-6-4-10-5-7-11;;3*2-1(3,4)5/h10H,4-7H2,1-3H3;1H4;;;/q;;3*-1. The van der Waals surface area contributed by atoms with Crippen LogP contribution >= 0.6 is 0 Å². The van der Waals surface area contributed by atoms with Crippen LogP contribution in [0.15, 0.2) is 0 Å². The average Bonchev–Trinajstić information content (AvgIpc) is 2.31. The van der Waals surface area contributed by atoms with Gasteiger partial charge >= 0.3 is 27.9 Å². The lowest BCUT2D eigenvalue weighted by Gasteiger charge is -2.30. The van der Waals surface area contributed by atoms with Crippen LogP contribution in [0.5, 0.6) is 0 Å². The van der Waals surface area contributed by atoms with E-state index in [1.165, 1.54) is 0 Å². The highest BCUT2D eigenvalue weighted by Crippen LogP contribution is 2.10. The maximum Gasteiger partial charge on any atom is 0.673 e. The van der Waals surface area contributed by atoms with Gasteiger partial charge in [0.15, 0.2) is 0 Å². The first-order chi connectivity index (χ1) is 12.0. The van der Waals surface area contributed by atoms with Gasteiger partial charge in [0.2, 0.25) is 0 Å². The molecule has 180 valence electrons. The number of ether oxygens (including phenoxy) is 1. The number of halogens is 12. The van der Waals surface area contributed by atoms with Crippen LogP contribution in [0, 0.1) is 0 Å². The number of carbonyl (C=O) groups is 1. The molecule has 0 spiro atoms. The molecule has 0 aliphatic carbocycles. The molecule has 4 nitrogen and oxygen atoms in total. The van der Waals surface area contributed by atoms with Gasteiger partial charge < -0.3 is 66.7 Å². The normalized spacial score (nSPS) is 14.5. The van der Waals surface area contributed by atoms with Crippen molar-refractivity contribution in [3.63, 3.8) is 0 Å². The molecule has 0 aromatic heterocycles. The lowest BCUT2D eigenvalue weighted by atomic mass is 10.2. The van der Waals surface area contributed by atoms with E-state index in [0.717, 1.165) is 26.2 Å². The summed E-state index contributed by atoms with van der Waals surface area (Å²) in [6.45, 7) is 8.86. The number of hydrogen-bond donors (Lipinski definition) is 1. The molecule has 0 saturated carbocycles. The molecule has 1 N–H and O–H groups in total. The fraction of sp³-hybridized carbons (Fsp3) is 0.900. The molecule has 1 aliphatic rings. The molecule has 29 heavy (non-hydrogen) atoms. The molecule has 0 bridgehead atoms. The van der Waals surface area contributed by atoms with Crippen molar-refractivity contribution < 1.29 is 61.3 Å². The van der Waals surface area contributed by atoms with Crippen LogP contribution in [0.2, 0.25) is 0 Å². The van der Waals surface area contributed by atoms with Crippen LogP contribution in [0.3, 0.4) is 0 Å². The van der Waals surface area contributed by atoms with Gasteiger partial charge in [-0.25, -0.2) is 4.79 Å². The summed E-state index contributed by atoms with van der Waals surface area (Å²) in [5, 5.41) is 3.18. The Kier molecular flexibility index (Phi) is 17.6. The van der Waals surface area contributed by atoms with E-state index in [1.54, 1.807) is 4.90 Å². The van der Waals surface area contributed by atoms with Gasteiger partial charge in [0, 0.05) is 26.2 Å². The molecule has 1 saturated heterocycles. The summed E-state index contributed by atoms with van der Waals surface area (Å²) in [6.07, 6.45) is -0.200. The third-order valence-electron chi connectivity index (χ3n) is 1.77. The molecular weight excluding hydrogens is 441 g/mol. The fourth-order valence-corrected chi connectivity index (χ4v) is 1.17. The topological polar surface area (TPSA) is 41.6 Å². The third kappa shape index (κ3) is 66.2. The largest absolute Gasteiger partial charge is 0.673 e. The van der Waals surface area contributed by atoms with E-state index in [4.69, 9.17) is 4.74 Å². The molecule has 0 aromatic rings. The summed E-state index contributed by atoms with van der Waals surface area (Å²) in [6, 6.07) is 0. The highest BCUT2D eigenvalue weighted by Gasteiger charge is 2.23. The summed E-state index contributed by atoms with van der Waals surface area (Å²) in [5.41, 5.74) is -0.387. The van der Waals surface area contributed by atoms with Crippen molar-refractivity contribution in [2.75, 3.05) is 26.2 Å². The highest BCUT2D eigenvalue weighted by atomic mass is 19.5. The molecule has 1 heterocycles. The van der Waals surface area contributed by atoms with E-state index in [-0.39, 0.29) is 19.1 Å². The Morgan fingerprint density at radius 1 is 0.759 bits per heavy atom. The second-order valence-electron chi connectivity index (χ2n) is 5.70. The van der Waals surface area contributed by atoms with Crippen molar-refractivity contribution in [2.45, 2.75) is 33.8 Å². The number of carbonyl (C=O) groups excluding carboxylic acids is 1. The van der Waals surface area contributed by atoms with Gasteiger partial charge in [-0.1, -0.05) is 7.43 Å². The summed E-state index contributed by atoms with van der Waals surface area (Å²) < 4.78 is 122. The van der Waals surface area contributed by atoms with Crippen LogP contribution in [0.25, 0.3) is 0 Å². The highest BCUT2D eigenvalue weighted by molar-refractivity contribution is 6.50. The minimum Gasteiger partial charge on any atom is -0.444 e. The van der Waals surface area contributed by atoms with Crippen molar-refractivity contribution in [2.24, 2.45) is 0 Å². The van der Waals surface area contributed by atoms with E-state index in [9.17, 15) is 56.6 Å². The zero-order valence-corrected chi connectivity index (χ0v) is 14.9. The molecule has 19 heteroatoms. The zero-order valence-electron chi connectivity index (χ0n) is 14.9. The summed E-state index contributed by atoms with van der Waals surface area (Å²) >= 11 is 0. The minimum atomic E-state index is -6.00. The molecule has 1 aliphatic heterocycles. The number of nitrogens with one attached hydrogen (secondary N) is 1. The molecule has 0 unspecified atom stereocenters. The minimum absolute atomic E-state index is 0. The number of rotatable bonds is 0. The van der Waals surface area contributed by atoms with Crippen molar-refractivity contribution >= 4 is 27.9 Å². The van der Waals surface area contributed by atoms with E-state index in [0.29, 0.717) is 0 Å². The van der Waals surface area contributed by atoms with Crippen LogP contribution in [0.4, 0.5) is 56.6 Å². The Morgan fingerprint density at radius 2 is 1.00 bits per heavy atom. The number of nitrogens with zero attached hydrogens (tertiary/aromatic N) is 1. The second-order valence-corrected chi connectivity index (χ2v) is 5.70. The zero-order chi connectivity index (χ0) is 23.4. The van der Waals surface area contributed by atoms with Gasteiger partial charge in [0.05, 0.1) is 0 Å². The van der Waals surface area contributed by atoms with Crippen LogP contribution < -0.4 is 5.32 Å². The SMILES string of the molecule is C.CC(C)(C)OC(=O)N1CCNCC1.F[B-](F)(F)F.F[B-](F)(F)F.F[B-](F)(F)F. The van der Waals surface area contributed by atoms with Crippen molar-refractivity contribution in [1.82, 2.24) is 10.2 Å². The van der Waals surface area contributed by atoms with Crippen molar-refractivity contribution in [3.05, 3.63) is 0 Å². The molecular formula is C10H22B3F12N2O2-3. The van der Waals surface area contributed by atoms with Crippen molar-refractivity contribution in [3.8, 4) is 0 Å². The van der Waals surface area contributed by atoms with Crippen LogP contribution in [-0.2, 0) is 4.74 Å². The fourth-order valence-electron chi connectivity index (χ4n) is 1.17. The Balaban J connectivity index is -0.000000164. The smallest absolute Gasteiger partial charge is 0.444 e. The first-order valence-electron chi connectivity index (χ1n) is 7.29. The van der Waals surface area contributed by atoms with E-state index in [1.807, 2.05) is 20.8 Å². The van der Waals surface area contributed by atoms with Crippen LogP contribution in [-0.4, -0.2) is 64.5 Å². The molecule has 0 aromatic carbocycles. The van der Waals surface area contributed by atoms with Gasteiger partial charge in [-0.2, -0.15) is 0 Å². The molecule has 0 atom stereocenters. The Hall–Kier alpha value is -1.42. The van der Waals surface area contributed by atoms with E-state index >= 15 is 0 Å². The quantitative estimate of drug-likeness (QED) is 0.389. The predicted molar refractivity (Wildman–Crippen MR) is 88.0 cm³/mol. The Bertz CT molecular complexity index is 374. The molecule has 0 radical (unpaired) electrons. The number of amides is 1. The number of hydrogen-bond acceptors (Lipinski definition) is 3. The summed E-state index contributed by atoms with van der Waals surface area (Å²) in [5.74, 6) is 0. The van der Waals surface area contributed by atoms with Gasteiger partial charge in [-0.15, -0.1) is 0 Å².